The molecule has 30 heavy (non-hydrogen) atoms. The Labute approximate surface area is 184 Å². The van der Waals surface area contributed by atoms with Crippen LogP contribution in [0, 0.1) is 17.8 Å². The minimum absolute atomic E-state index is 0.135. The smallest absolute Gasteiger partial charge is 0.295 e. The van der Waals surface area contributed by atoms with Crippen molar-refractivity contribution in [3.05, 3.63) is 0 Å². The van der Waals surface area contributed by atoms with Crippen molar-refractivity contribution >= 4 is 11.9 Å². The van der Waals surface area contributed by atoms with E-state index in [4.69, 9.17) is 19.6 Å². The molecule has 0 rings (SSSR count). The molecule has 0 amide bonds. The molecule has 0 aliphatic heterocycles. The van der Waals surface area contributed by atoms with Crippen molar-refractivity contribution in [2.75, 3.05) is 0 Å². The van der Waals surface area contributed by atoms with Crippen LogP contribution in [0.5, 0.6) is 0 Å². The first kappa shape index (κ1) is 28.9. The monoisotopic (exact) mass is 430 g/mol. The van der Waals surface area contributed by atoms with Gasteiger partial charge in [-0.15, -0.1) is 9.78 Å². The molecule has 0 aliphatic carbocycles. The molecule has 0 heterocycles. The average Bonchev–Trinajstić information content (AvgIpc) is 2.75. The van der Waals surface area contributed by atoms with Gasteiger partial charge in [-0.1, -0.05) is 80.1 Å². The van der Waals surface area contributed by atoms with Crippen molar-refractivity contribution in [3.63, 3.8) is 0 Å². The predicted octanol–water partition coefficient (Wildman–Crippen LogP) is 6.91. The highest BCUT2D eigenvalue weighted by Crippen LogP contribution is 2.30. The second-order valence-corrected chi connectivity index (χ2v) is 8.53. The van der Waals surface area contributed by atoms with Crippen LogP contribution in [0.3, 0.4) is 0 Å². The van der Waals surface area contributed by atoms with E-state index in [1.54, 1.807) is 6.92 Å². The lowest BCUT2D eigenvalue weighted by atomic mass is 9.96. The second-order valence-electron chi connectivity index (χ2n) is 8.53. The topological polar surface area (TPSA) is 71.1 Å². The lowest BCUT2D eigenvalue weighted by Crippen LogP contribution is -2.42. The summed E-state index contributed by atoms with van der Waals surface area (Å²) >= 11 is 0. The molecule has 0 saturated carbocycles. The van der Waals surface area contributed by atoms with Gasteiger partial charge < -0.3 is 0 Å². The summed E-state index contributed by atoms with van der Waals surface area (Å²) in [4.78, 5) is 46.3. The lowest BCUT2D eigenvalue weighted by Gasteiger charge is -2.32. The predicted molar refractivity (Wildman–Crippen MR) is 118 cm³/mol. The van der Waals surface area contributed by atoms with Gasteiger partial charge in [0.2, 0.25) is 0 Å². The summed E-state index contributed by atoms with van der Waals surface area (Å²) in [5.41, 5.74) is 0. The van der Waals surface area contributed by atoms with Gasteiger partial charge in [0.05, 0.1) is 11.8 Å². The van der Waals surface area contributed by atoms with Crippen LogP contribution in [0.25, 0.3) is 0 Å². The summed E-state index contributed by atoms with van der Waals surface area (Å²) in [5, 5.41) is 0. The summed E-state index contributed by atoms with van der Waals surface area (Å²) in [7, 11) is 0. The molecule has 178 valence electrons. The number of hydrogen-bond acceptors (Lipinski definition) is 6. The maximum atomic E-state index is 12.5. The molecular formula is C24H46O6. The van der Waals surface area contributed by atoms with Gasteiger partial charge in [0.15, 0.2) is 0 Å². The molecule has 0 saturated heterocycles. The highest BCUT2D eigenvalue weighted by molar-refractivity contribution is 5.72. The third-order valence-electron chi connectivity index (χ3n) is 5.93. The summed E-state index contributed by atoms with van der Waals surface area (Å²) in [6.07, 6.45) is 9.65. The Balaban J connectivity index is 5.07. The maximum Gasteiger partial charge on any atom is 0.345 e. The maximum absolute atomic E-state index is 12.5. The van der Waals surface area contributed by atoms with Gasteiger partial charge in [-0.2, -0.15) is 0 Å². The number of carbonyl (C=O) groups is 2. The Morgan fingerprint density at radius 2 is 1.07 bits per heavy atom. The molecular weight excluding hydrogens is 384 g/mol. The van der Waals surface area contributed by atoms with E-state index >= 15 is 0 Å². The fraction of sp³-hybridized carbons (Fsp3) is 0.917. The molecule has 0 aromatic heterocycles. The Kier molecular flexibility index (Phi) is 15.9. The first-order valence-corrected chi connectivity index (χ1v) is 12.1. The fourth-order valence-corrected chi connectivity index (χ4v) is 3.21. The Bertz CT molecular complexity index is 433. The average molecular weight is 431 g/mol. The summed E-state index contributed by atoms with van der Waals surface area (Å²) < 4.78 is 0. The highest BCUT2D eigenvalue weighted by atomic mass is 17.3. The number of hydrogen-bond donors (Lipinski definition) is 0. The van der Waals surface area contributed by atoms with E-state index in [9.17, 15) is 9.59 Å². The molecule has 0 aliphatic rings. The van der Waals surface area contributed by atoms with Crippen LogP contribution >= 0.6 is 0 Å². The first-order valence-electron chi connectivity index (χ1n) is 12.1. The van der Waals surface area contributed by atoms with E-state index in [2.05, 4.69) is 20.8 Å². The number of rotatable bonds is 18. The van der Waals surface area contributed by atoms with Crippen LogP contribution in [0.1, 0.15) is 119 Å². The van der Waals surface area contributed by atoms with Crippen LogP contribution in [0.4, 0.5) is 0 Å². The molecule has 6 heteroatoms. The van der Waals surface area contributed by atoms with Crippen LogP contribution in [0.2, 0.25) is 0 Å². The Morgan fingerprint density at radius 1 is 0.700 bits per heavy atom. The summed E-state index contributed by atoms with van der Waals surface area (Å²) in [5.74, 6) is -2.70. The molecule has 0 radical (unpaired) electrons. The van der Waals surface area contributed by atoms with Crippen LogP contribution < -0.4 is 0 Å². The van der Waals surface area contributed by atoms with Gasteiger partial charge >= 0.3 is 11.9 Å². The van der Waals surface area contributed by atoms with Crippen molar-refractivity contribution in [1.29, 1.82) is 0 Å². The van der Waals surface area contributed by atoms with E-state index in [-0.39, 0.29) is 17.8 Å². The number of carbonyl (C=O) groups excluding carboxylic acids is 2. The molecule has 0 aromatic rings. The zero-order valence-corrected chi connectivity index (χ0v) is 20.5. The van der Waals surface area contributed by atoms with Crippen molar-refractivity contribution in [2.24, 2.45) is 17.8 Å². The molecule has 3 unspecified atom stereocenters. The minimum atomic E-state index is -1.35. The van der Waals surface area contributed by atoms with Crippen molar-refractivity contribution < 1.29 is 29.1 Å². The van der Waals surface area contributed by atoms with Crippen LogP contribution in [-0.4, -0.2) is 17.7 Å². The Morgan fingerprint density at radius 3 is 1.40 bits per heavy atom. The van der Waals surface area contributed by atoms with Crippen molar-refractivity contribution in [3.8, 4) is 0 Å². The van der Waals surface area contributed by atoms with Gasteiger partial charge in [0, 0.05) is 5.92 Å². The van der Waals surface area contributed by atoms with Gasteiger partial charge in [-0.25, -0.2) is 9.59 Å². The van der Waals surface area contributed by atoms with E-state index in [1.165, 1.54) is 0 Å². The lowest BCUT2D eigenvalue weighted by molar-refractivity contribution is -0.490. The van der Waals surface area contributed by atoms with Crippen LogP contribution in [-0.2, 0) is 29.1 Å². The minimum Gasteiger partial charge on any atom is -0.295 e. The van der Waals surface area contributed by atoms with Crippen molar-refractivity contribution in [2.45, 2.75) is 125 Å². The molecule has 0 fully saturated rings. The van der Waals surface area contributed by atoms with Gasteiger partial charge in [0.25, 0.3) is 5.79 Å². The molecule has 0 N–H and O–H groups in total. The third kappa shape index (κ3) is 10.8. The third-order valence-corrected chi connectivity index (χ3v) is 5.93. The van der Waals surface area contributed by atoms with E-state index in [0.29, 0.717) is 12.8 Å². The molecule has 0 spiro atoms. The molecule has 3 atom stereocenters. The largest absolute Gasteiger partial charge is 0.345 e. The highest BCUT2D eigenvalue weighted by Gasteiger charge is 2.40. The van der Waals surface area contributed by atoms with E-state index < -0.39 is 17.7 Å². The molecule has 0 aromatic carbocycles. The normalized spacial score (nSPS) is 16.4. The zero-order valence-electron chi connectivity index (χ0n) is 20.5. The van der Waals surface area contributed by atoms with Gasteiger partial charge in [-0.05, 0) is 39.0 Å². The first-order chi connectivity index (χ1) is 14.3. The standard InChI is InChI=1S/C24H46O6/c1-8-13-16-19(6)24(7,29-27-22(25)20(11-4)17-14-9-2)30-28-23(26)21(12-5)18-15-10-3/h19-21H,8-18H2,1-7H3. The Hall–Kier alpha value is -1.14. The number of unbranched alkanes of at least 4 members (excludes halogenated alkanes) is 3. The van der Waals surface area contributed by atoms with E-state index in [1.807, 2.05) is 20.8 Å². The summed E-state index contributed by atoms with van der Waals surface area (Å²) in [6.45, 7) is 13.8. The molecule has 6 nitrogen and oxygen atoms in total. The van der Waals surface area contributed by atoms with Crippen LogP contribution in [0.15, 0.2) is 0 Å². The van der Waals surface area contributed by atoms with Crippen molar-refractivity contribution in [1.82, 2.24) is 0 Å². The van der Waals surface area contributed by atoms with E-state index in [0.717, 1.165) is 57.8 Å². The quantitative estimate of drug-likeness (QED) is 0.134. The van der Waals surface area contributed by atoms with Gasteiger partial charge in [0.1, 0.15) is 0 Å². The SMILES string of the molecule is CCCCC(CC)C(=O)OOC(C)(OOC(=O)C(CC)CCCC)C(C)CCCC. The molecule has 0 bridgehead atoms. The fourth-order valence-electron chi connectivity index (χ4n) is 3.21. The summed E-state index contributed by atoms with van der Waals surface area (Å²) in [6, 6.07) is 0. The second kappa shape index (κ2) is 16.5. The zero-order chi connectivity index (χ0) is 23.0. The van der Waals surface area contributed by atoms with Gasteiger partial charge in [-0.3, -0.25) is 9.78 Å².